The summed E-state index contributed by atoms with van der Waals surface area (Å²) in [5.74, 6) is 0. The molecule has 4 nitrogen and oxygen atoms in total. The first-order chi connectivity index (χ1) is 5.69. The summed E-state index contributed by atoms with van der Waals surface area (Å²) in [6.07, 6.45) is -0.638. The van der Waals surface area contributed by atoms with Gasteiger partial charge in [0, 0.05) is 20.6 Å². The maximum absolute atomic E-state index is 9.55. The zero-order valence-electron chi connectivity index (χ0n) is 7.69. The number of aliphatic hydroxyl groups is 1. The second-order valence-electron chi connectivity index (χ2n) is 3.01. The Labute approximate surface area is 72.4 Å². The van der Waals surface area contributed by atoms with E-state index in [0.29, 0.717) is 6.42 Å². The number of methoxy groups -OCH3 is 2. The van der Waals surface area contributed by atoms with Crippen molar-refractivity contribution in [2.75, 3.05) is 14.2 Å². The normalized spacial score (nSPS) is 43.0. The molecule has 4 heteroatoms. The zero-order chi connectivity index (χ0) is 9.14. The predicted molar refractivity (Wildman–Crippen MR) is 42.8 cm³/mol. The highest BCUT2D eigenvalue weighted by atomic mass is 16.7. The Kier molecular flexibility index (Phi) is 3.46. The topological polar surface area (TPSA) is 47.9 Å². The standard InChI is InChI=1S/C8H16O4/c1-5-8(9)6(10-2)4-7(11-3)12-5/h5-9H,4H2,1-3H3. The van der Waals surface area contributed by atoms with Crippen molar-refractivity contribution in [2.45, 2.75) is 37.9 Å². The Balaban J connectivity index is 2.52. The van der Waals surface area contributed by atoms with Gasteiger partial charge in [-0.25, -0.2) is 0 Å². The van der Waals surface area contributed by atoms with Gasteiger partial charge in [-0.15, -0.1) is 0 Å². The zero-order valence-corrected chi connectivity index (χ0v) is 7.69. The fourth-order valence-electron chi connectivity index (χ4n) is 1.39. The molecule has 0 aromatic heterocycles. The molecule has 1 aliphatic heterocycles. The minimum atomic E-state index is -0.554. The van der Waals surface area contributed by atoms with E-state index in [4.69, 9.17) is 14.2 Å². The monoisotopic (exact) mass is 176 g/mol. The maximum atomic E-state index is 9.55. The van der Waals surface area contributed by atoms with Crippen LogP contribution in [0.3, 0.4) is 0 Å². The lowest BCUT2D eigenvalue weighted by Gasteiger charge is -2.36. The first kappa shape index (κ1) is 9.92. The average molecular weight is 176 g/mol. The van der Waals surface area contributed by atoms with Crippen molar-refractivity contribution in [3.63, 3.8) is 0 Å². The van der Waals surface area contributed by atoms with E-state index in [1.165, 1.54) is 0 Å². The van der Waals surface area contributed by atoms with E-state index in [1.54, 1.807) is 14.2 Å². The highest BCUT2D eigenvalue weighted by Gasteiger charge is 2.35. The van der Waals surface area contributed by atoms with Gasteiger partial charge in [0.2, 0.25) is 0 Å². The van der Waals surface area contributed by atoms with Gasteiger partial charge in [-0.2, -0.15) is 0 Å². The minimum absolute atomic E-state index is 0.182. The van der Waals surface area contributed by atoms with Crippen molar-refractivity contribution in [2.24, 2.45) is 0 Å². The lowest BCUT2D eigenvalue weighted by Crippen LogP contribution is -2.48. The number of ether oxygens (including phenoxy) is 3. The number of aliphatic hydroxyl groups excluding tert-OH is 1. The van der Waals surface area contributed by atoms with E-state index in [2.05, 4.69) is 0 Å². The molecular formula is C8H16O4. The van der Waals surface area contributed by atoms with Gasteiger partial charge in [-0.05, 0) is 6.92 Å². The van der Waals surface area contributed by atoms with Crippen LogP contribution < -0.4 is 0 Å². The summed E-state index contributed by atoms with van der Waals surface area (Å²) in [5.41, 5.74) is 0. The smallest absolute Gasteiger partial charge is 0.160 e. The average Bonchev–Trinajstić information content (AvgIpc) is 2.09. The molecule has 0 aromatic rings. The number of hydrogen-bond donors (Lipinski definition) is 1. The van der Waals surface area contributed by atoms with Crippen molar-refractivity contribution in [3.05, 3.63) is 0 Å². The molecule has 0 aliphatic carbocycles. The van der Waals surface area contributed by atoms with Crippen LogP contribution in [0.4, 0.5) is 0 Å². The van der Waals surface area contributed by atoms with Crippen LogP contribution >= 0.6 is 0 Å². The lowest BCUT2D eigenvalue weighted by molar-refractivity contribution is -0.241. The Morgan fingerprint density at radius 1 is 1.33 bits per heavy atom. The van der Waals surface area contributed by atoms with Gasteiger partial charge in [0.15, 0.2) is 6.29 Å². The highest BCUT2D eigenvalue weighted by Crippen LogP contribution is 2.22. The summed E-state index contributed by atoms with van der Waals surface area (Å²) in [7, 11) is 3.17. The lowest BCUT2D eigenvalue weighted by atomic mass is 10.0. The molecule has 1 fully saturated rings. The summed E-state index contributed by atoms with van der Waals surface area (Å²) in [6.45, 7) is 1.81. The largest absolute Gasteiger partial charge is 0.388 e. The Morgan fingerprint density at radius 3 is 2.50 bits per heavy atom. The van der Waals surface area contributed by atoms with Crippen LogP contribution in [0, 0.1) is 0 Å². The van der Waals surface area contributed by atoms with Crippen LogP contribution in [0.1, 0.15) is 13.3 Å². The van der Waals surface area contributed by atoms with Gasteiger partial charge in [0.1, 0.15) is 6.10 Å². The third-order valence-electron chi connectivity index (χ3n) is 2.22. The fourth-order valence-corrected chi connectivity index (χ4v) is 1.39. The first-order valence-corrected chi connectivity index (χ1v) is 4.08. The van der Waals surface area contributed by atoms with Gasteiger partial charge >= 0.3 is 0 Å². The molecule has 12 heavy (non-hydrogen) atoms. The van der Waals surface area contributed by atoms with E-state index in [9.17, 15) is 5.11 Å². The van der Waals surface area contributed by atoms with Crippen molar-refractivity contribution in [1.82, 2.24) is 0 Å². The summed E-state index contributed by atoms with van der Waals surface area (Å²) >= 11 is 0. The van der Waals surface area contributed by atoms with E-state index >= 15 is 0 Å². The summed E-state index contributed by atoms with van der Waals surface area (Å²) < 4.78 is 15.5. The van der Waals surface area contributed by atoms with Crippen molar-refractivity contribution in [3.8, 4) is 0 Å². The van der Waals surface area contributed by atoms with E-state index in [0.717, 1.165) is 0 Å². The fraction of sp³-hybridized carbons (Fsp3) is 1.00. The highest BCUT2D eigenvalue weighted by molar-refractivity contribution is 4.80. The molecule has 4 atom stereocenters. The minimum Gasteiger partial charge on any atom is -0.388 e. The third-order valence-corrected chi connectivity index (χ3v) is 2.22. The van der Waals surface area contributed by atoms with Crippen LogP contribution in [0.2, 0.25) is 0 Å². The van der Waals surface area contributed by atoms with Crippen LogP contribution in [0.5, 0.6) is 0 Å². The van der Waals surface area contributed by atoms with Gasteiger partial charge < -0.3 is 19.3 Å². The third kappa shape index (κ3) is 1.95. The molecule has 1 N–H and O–H groups in total. The van der Waals surface area contributed by atoms with E-state index < -0.39 is 6.10 Å². The predicted octanol–water partition coefficient (Wildman–Crippen LogP) is 0.144. The molecule has 0 bridgehead atoms. The first-order valence-electron chi connectivity index (χ1n) is 4.08. The van der Waals surface area contributed by atoms with Crippen molar-refractivity contribution < 1.29 is 19.3 Å². The van der Waals surface area contributed by atoms with Crippen LogP contribution in [0.25, 0.3) is 0 Å². The molecule has 72 valence electrons. The molecule has 0 saturated carbocycles. The van der Waals surface area contributed by atoms with E-state index in [1.807, 2.05) is 6.92 Å². The molecule has 0 amide bonds. The summed E-state index contributed by atoms with van der Waals surface area (Å²) in [4.78, 5) is 0. The molecule has 0 spiro atoms. The Morgan fingerprint density at radius 2 is 2.00 bits per heavy atom. The molecule has 1 aliphatic rings. The number of rotatable bonds is 2. The van der Waals surface area contributed by atoms with Crippen molar-refractivity contribution >= 4 is 0 Å². The SMILES string of the molecule is COC1CC(OC)C(O)C(C)O1. The second kappa shape index (κ2) is 4.18. The molecule has 0 radical (unpaired) electrons. The van der Waals surface area contributed by atoms with Crippen LogP contribution in [-0.2, 0) is 14.2 Å². The molecular weight excluding hydrogens is 160 g/mol. The van der Waals surface area contributed by atoms with Crippen molar-refractivity contribution in [1.29, 1.82) is 0 Å². The van der Waals surface area contributed by atoms with Gasteiger partial charge in [0.05, 0.1) is 12.2 Å². The molecule has 4 unspecified atom stereocenters. The molecule has 1 rings (SSSR count). The van der Waals surface area contributed by atoms with Gasteiger partial charge in [-0.1, -0.05) is 0 Å². The molecule has 1 heterocycles. The van der Waals surface area contributed by atoms with Crippen LogP contribution in [0.15, 0.2) is 0 Å². The van der Waals surface area contributed by atoms with Crippen LogP contribution in [-0.4, -0.2) is 43.9 Å². The van der Waals surface area contributed by atoms with Gasteiger partial charge in [-0.3, -0.25) is 0 Å². The second-order valence-corrected chi connectivity index (χ2v) is 3.01. The quantitative estimate of drug-likeness (QED) is 0.650. The van der Waals surface area contributed by atoms with Gasteiger partial charge in [0.25, 0.3) is 0 Å². The Bertz CT molecular complexity index is 139. The molecule has 1 saturated heterocycles. The van der Waals surface area contributed by atoms with E-state index in [-0.39, 0.29) is 18.5 Å². The summed E-state index contributed by atoms with van der Waals surface area (Å²) in [5, 5.41) is 9.55. The summed E-state index contributed by atoms with van der Waals surface area (Å²) in [6, 6.07) is 0. The number of hydrogen-bond acceptors (Lipinski definition) is 4. The molecule has 0 aromatic carbocycles. The maximum Gasteiger partial charge on any atom is 0.160 e. The Hall–Kier alpha value is -0.160.